The predicted molar refractivity (Wildman–Crippen MR) is 76.0 cm³/mol. The maximum absolute atomic E-state index is 5.70. The van der Waals surface area contributed by atoms with Crippen LogP contribution >= 0.6 is 11.5 Å². The normalized spacial score (nSPS) is 10.2. The summed E-state index contributed by atoms with van der Waals surface area (Å²) in [6, 6.07) is 17.1. The summed E-state index contributed by atoms with van der Waals surface area (Å²) in [7, 11) is 0. The Morgan fingerprint density at radius 1 is 0.900 bits per heavy atom. The van der Waals surface area contributed by atoms with Gasteiger partial charge in [-0.25, -0.2) is 0 Å². The lowest BCUT2D eigenvalue weighted by Crippen LogP contribution is -1.93. The molecule has 5 heteroatoms. The topological polar surface area (TPSA) is 44.2 Å². The Morgan fingerprint density at radius 2 is 1.60 bits per heavy atom. The van der Waals surface area contributed by atoms with Gasteiger partial charge in [0.2, 0.25) is 0 Å². The monoisotopic (exact) mass is 283 g/mol. The molecule has 0 aliphatic rings. The molecule has 0 saturated carbocycles. The maximum Gasteiger partial charge on any atom is 0.134 e. The van der Waals surface area contributed by atoms with Crippen LogP contribution in [-0.2, 0) is 6.61 Å². The molecular weight excluding hydrogens is 272 g/mol. The van der Waals surface area contributed by atoms with E-state index in [1.807, 2.05) is 54.6 Å². The van der Waals surface area contributed by atoms with Crippen molar-refractivity contribution < 1.29 is 9.47 Å². The maximum atomic E-state index is 5.70. The van der Waals surface area contributed by atoms with Gasteiger partial charge in [-0.2, -0.15) is 0 Å². The van der Waals surface area contributed by atoms with Crippen LogP contribution in [0.4, 0.5) is 0 Å². The number of hydrogen-bond acceptors (Lipinski definition) is 5. The summed E-state index contributed by atoms with van der Waals surface area (Å²) >= 11 is 1.28. The average molecular weight is 283 g/mol. The van der Waals surface area contributed by atoms with Crippen LogP contribution in [0.2, 0.25) is 0 Å². The number of hydrogen-bond donors (Lipinski definition) is 0. The van der Waals surface area contributed by atoms with Gasteiger partial charge < -0.3 is 9.47 Å². The van der Waals surface area contributed by atoms with Crippen LogP contribution in [0.3, 0.4) is 0 Å². The van der Waals surface area contributed by atoms with Crippen LogP contribution in [-0.4, -0.2) is 9.59 Å². The third kappa shape index (κ3) is 3.33. The average Bonchev–Trinajstić information content (AvgIpc) is 3.01. The Hall–Kier alpha value is -2.40. The fourth-order valence-electron chi connectivity index (χ4n) is 1.60. The number of aromatic nitrogens is 2. The third-order valence-electron chi connectivity index (χ3n) is 2.54. The molecule has 0 fully saturated rings. The quantitative estimate of drug-likeness (QED) is 0.716. The van der Waals surface area contributed by atoms with Crippen molar-refractivity contribution >= 4 is 11.5 Å². The van der Waals surface area contributed by atoms with E-state index < -0.39 is 0 Å². The molecule has 1 aromatic heterocycles. The summed E-state index contributed by atoms with van der Waals surface area (Å²) < 4.78 is 15.0. The number of rotatable bonds is 5. The Labute approximate surface area is 120 Å². The van der Waals surface area contributed by atoms with Gasteiger partial charge in [0.1, 0.15) is 30.1 Å². The first-order chi connectivity index (χ1) is 9.90. The zero-order valence-corrected chi connectivity index (χ0v) is 11.3. The van der Waals surface area contributed by atoms with E-state index in [1.54, 1.807) is 0 Å². The highest BCUT2D eigenvalue weighted by Crippen LogP contribution is 2.23. The molecule has 0 aliphatic carbocycles. The highest BCUT2D eigenvalue weighted by Gasteiger charge is 2.00. The first-order valence-corrected chi connectivity index (χ1v) is 6.82. The van der Waals surface area contributed by atoms with Crippen molar-refractivity contribution in [3.8, 4) is 17.2 Å². The van der Waals surface area contributed by atoms with E-state index in [1.165, 1.54) is 11.5 Å². The Morgan fingerprint density at radius 3 is 2.30 bits per heavy atom. The number of benzene rings is 2. The molecule has 99 valence electrons. The molecule has 0 spiro atoms. The van der Waals surface area contributed by atoms with E-state index in [0.29, 0.717) is 6.61 Å². The number of nitrogens with zero attached hydrogens (tertiary/aromatic N) is 2. The Balaban J connectivity index is 1.60. The van der Waals surface area contributed by atoms with Crippen LogP contribution in [0, 0.1) is 6.20 Å². The first kappa shape index (κ1) is 12.6. The van der Waals surface area contributed by atoms with Gasteiger partial charge in [-0.1, -0.05) is 22.7 Å². The third-order valence-corrected chi connectivity index (χ3v) is 3.13. The molecule has 2 aromatic carbocycles. The summed E-state index contributed by atoms with van der Waals surface area (Å²) in [6.07, 6.45) is 2.76. The summed E-state index contributed by atoms with van der Waals surface area (Å²) in [5.74, 6) is 2.35. The van der Waals surface area contributed by atoms with Gasteiger partial charge >= 0.3 is 0 Å². The van der Waals surface area contributed by atoms with Crippen LogP contribution in [0.1, 0.15) is 4.88 Å². The van der Waals surface area contributed by atoms with Crippen molar-refractivity contribution in [3.05, 3.63) is 65.7 Å². The molecule has 0 unspecified atom stereocenters. The highest BCUT2D eigenvalue weighted by molar-refractivity contribution is 7.05. The summed E-state index contributed by atoms with van der Waals surface area (Å²) in [5.41, 5.74) is 0. The second kappa shape index (κ2) is 6.16. The number of ether oxygens (including phenoxy) is 2. The number of para-hydroxylation sites is 1. The van der Waals surface area contributed by atoms with E-state index >= 15 is 0 Å². The van der Waals surface area contributed by atoms with Crippen LogP contribution in [0.5, 0.6) is 17.2 Å². The smallest absolute Gasteiger partial charge is 0.134 e. The van der Waals surface area contributed by atoms with Gasteiger partial charge in [-0.05, 0) is 47.9 Å². The van der Waals surface area contributed by atoms with Crippen molar-refractivity contribution in [2.24, 2.45) is 0 Å². The van der Waals surface area contributed by atoms with Crippen LogP contribution < -0.4 is 9.47 Å². The van der Waals surface area contributed by atoms with Crippen molar-refractivity contribution in [2.45, 2.75) is 6.61 Å². The van der Waals surface area contributed by atoms with Gasteiger partial charge in [-0.3, -0.25) is 0 Å². The minimum Gasteiger partial charge on any atom is -0.488 e. The van der Waals surface area contributed by atoms with Gasteiger partial charge in [0, 0.05) is 0 Å². The molecule has 3 rings (SSSR count). The molecule has 0 aliphatic heterocycles. The SMILES string of the molecule is [c]1nnsc1COc1ccc(Oc2ccccc2)cc1. The first-order valence-electron chi connectivity index (χ1n) is 6.05. The minimum atomic E-state index is 0.427. The van der Waals surface area contributed by atoms with E-state index in [4.69, 9.17) is 9.47 Å². The second-order valence-corrected chi connectivity index (χ2v) is 4.82. The van der Waals surface area contributed by atoms with E-state index in [0.717, 1.165) is 22.1 Å². The molecule has 1 radical (unpaired) electrons. The van der Waals surface area contributed by atoms with Crippen molar-refractivity contribution in [3.63, 3.8) is 0 Å². The highest BCUT2D eigenvalue weighted by atomic mass is 32.1. The molecule has 0 N–H and O–H groups in total. The van der Waals surface area contributed by atoms with Crippen molar-refractivity contribution in [2.75, 3.05) is 0 Å². The fourth-order valence-corrected chi connectivity index (χ4v) is 1.98. The standard InChI is InChI=1S/C15H11N2O2S/c1-2-4-13(5-3-1)19-14-8-6-12(7-9-14)18-11-15-10-16-17-20-15/h1-9H,11H2. The van der Waals surface area contributed by atoms with Gasteiger partial charge in [0.05, 0.1) is 4.88 Å². The zero-order chi connectivity index (χ0) is 13.6. The Bertz CT molecular complexity index is 639. The van der Waals surface area contributed by atoms with Gasteiger partial charge in [-0.15, -0.1) is 5.10 Å². The zero-order valence-electron chi connectivity index (χ0n) is 10.5. The molecule has 0 saturated heterocycles. The second-order valence-electron chi connectivity index (χ2n) is 3.98. The predicted octanol–water partition coefficient (Wildman–Crippen LogP) is 3.71. The molecule has 3 aromatic rings. The lowest BCUT2D eigenvalue weighted by molar-refractivity contribution is 0.309. The molecule has 0 atom stereocenters. The summed E-state index contributed by atoms with van der Waals surface area (Å²) in [5, 5.41) is 3.64. The summed E-state index contributed by atoms with van der Waals surface area (Å²) in [4.78, 5) is 0.870. The van der Waals surface area contributed by atoms with E-state index in [9.17, 15) is 0 Å². The summed E-state index contributed by atoms with van der Waals surface area (Å²) in [6.45, 7) is 0.427. The molecular formula is C15H11N2O2S. The lowest BCUT2D eigenvalue weighted by Gasteiger charge is -2.07. The fraction of sp³-hybridized carbons (Fsp3) is 0.0667. The van der Waals surface area contributed by atoms with Crippen molar-refractivity contribution in [1.82, 2.24) is 9.59 Å². The van der Waals surface area contributed by atoms with Gasteiger partial charge in [0.25, 0.3) is 0 Å². The van der Waals surface area contributed by atoms with Crippen LogP contribution in [0.25, 0.3) is 0 Å². The minimum absolute atomic E-state index is 0.427. The Kier molecular flexibility index (Phi) is 3.89. The molecule has 0 bridgehead atoms. The van der Waals surface area contributed by atoms with Gasteiger partial charge in [0.15, 0.2) is 0 Å². The molecule has 20 heavy (non-hydrogen) atoms. The molecule has 0 amide bonds. The van der Waals surface area contributed by atoms with E-state index in [2.05, 4.69) is 15.8 Å². The molecule has 1 heterocycles. The van der Waals surface area contributed by atoms with Crippen molar-refractivity contribution in [1.29, 1.82) is 0 Å². The van der Waals surface area contributed by atoms with E-state index in [-0.39, 0.29) is 0 Å². The lowest BCUT2D eigenvalue weighted by atomic mass is 10.3. The largest absolute Gasteiger partial charge is 0.488 e. The van der Waals surface area contributed by atoms with Crippen LogP contribution in [0.15, 0.2) is 54.6 Å². The molecule has 4 nitrogen and oxygen atoms in total.